The molecule has 0 saturated heterocycles. The molecule has 2 rings (SSSR count). The van der Waals surface area contributed by atoms with Crippen LogP contribution >= 0.6 is 15.9 Å². The van der Waals surface area contributed by atoms with Crippen LogP contribution in [-0.4, -0.2) is 0 Å². The molecule has 0 heterocycles. The van der Waals surface area contributed by atoms with Gasteiger partial charge in [0.2, 0.25) is 0 Å². The molecule has 2 aromatic rings. The molecule has 0 fully saturated rings. The lowest BCUT2D eigenvalue weighted by Crippen LogP contribution is -2.16. The molecule has 2 N–H and O–H groups in total. The van der Waals surface area contributed by atoms with Crippen LogP contribution in [0.5, 0.6) is 0 Å². The van der Waals surface area contributed by atoms with Crippen LogP contribution in [0.3, 0.4) is 0 Å². The first-order valence-corrected chi connectivity index (χ1v) is 6.05. The van der Waals surface area contributed by atoms with Crippen LogP contribution in [0.1, 0.15) is 17.2 Å². The van der Waals surface area contributed by atoms with Crippen molar-refractivity contribution in [1.82, 2.24) is 0 Å². The van der Waals surface area contributed by atoms with E-state index in [1.807, 2.05) is 0 Å². The van der Waals surface area contributed by atoms with Gasteiger partial charge >= 0.3 is 0 Å². The fraction of sp³-hybridized carbons (Fsp3) is 0.0769. The highest BCUT2D eigenvalue weighted by molar-refractivity contribution is 9.10. The Kier molecular flexibility index (Phi) is 3.91. The Balaban J connectivity index is 2.56. The number of benzene rings is 2. The monoisotopic (exact) mass is 333 g/mol. The van der Waals surface area contributed by atoms with Crippen LogP contribution in [-0.2, 0) is 0 Å². The maximum absolute atomic E-state index is 13.7. The quantitative estimate of drug-likeness (QED) is 0.651. The highest BCUT2D eigenvalue weighted by Gasteiger charge is 2.21. The van der Waals surface area contributed by atoms with Crippen molar-refractivity contribution in [3.8, 4) is 0 Å². The average Bonchev–Trinajstić information content (AvgIpc) is 2.33. The molecule has 100 valence electrons. The van der Waals surface area contributed by atoms with E-state index in [0.717, 1.165) is 6.07 Å². The van der Waals surface area contributed by atoms with Crippen LogP contribution in [0, 0.1) is 23.3 Å². The number of halogens is 5. The van der Waals surface area contributed by atoms with Gasteiger partial charge in [0.25, 0.3) is 0 Å². The first-order valence-electron chi connectivity index (χ1n) is 5.25. The number of hydrogen-bond donors (Lipinski definition) is 1. The minimum Gasteiger partial charge on any atom is -0.320 e. The van der Waals surface area contributed by atoms with Crippen molar-refractivity contribution < 1.29 is 17.6 Å². The van der Waals surface area contributed by atoms with Gasteiger partial charge in [-0.1, -0.05) is 22.0 Å². The Morgan fingerprint density at radius 3 is 2.16 bits per heavy atom. The lowest BCUT2D eigenvalue weighted by Gasteiger charge is -2.16. The second kappa shape index (κ2) is 5.30. The maximum atomic E-state index is 13.7. The zero-order chi connectivity index (χ0) is 14.2. The second-order valence-electron chi connectivity index (χ2n) is 3.90. The average molecular weight is 334 g/mol. The predicted molar refractivity (Wildman–Crippen MR) is 66.4 cm³/mol. The van der Waals surface area contributed by atoms with Crippen molar-refractivity contribution in [2.45, 2.75) is 6.04 Å². The molecule has 0 saturated carbocycles. The van der Waals surface area contributed by atoms with Gasteiger partial charge in [-0.05, 0) is 18.2 Å². The summed E-state index contributed by atoms with van der Waals surface area (Å²) in [4.78, 5) is 0. The van der Waals surface area contributed by atoms with Crippen molar-refractivity contribution >= 4 is 15.9 Å². The molecule has 0 aromatic heterocycles. The summed E-state index contributed by atoms with van der Waals surface area (Å²) in [7, 11) is 0. The molecule has 19 heavy (non-hydrogen) atoms. The van der Waals surface area contributed by atoms with Gasteiger partial charge in [-0.15, -0.1) is 0 Å². The van der Waals surface area contributed by atoms with E-state index in [4.69, 9.17) is 5.73 Å². The predicted octanol–water partition coefficient (Wildman–Crippen LogP) is 4.05. The molecule has 0 aliphatic heterocycles. The smallest absolute Gasteiger partial charge is 0.161 e. The lowest BCUT2D eigenvalue weighted by molar-refractivity contribution is 0.486. The van der Waals surface area contributed by atoms with Gasteiger partial charge in [-0.3, -0.25) is 0 Å². The van der Waals surface area contributed by atoms with E-state index in [1.54, 1.807) is 0 Å². The van der Waals surface area contributed by atoms with Crippen molar-refractivity contribution in [3.05, 3.63) is 69.2 Å². The largest absolute Gasteiger partial charge is 0.320 e. The summed E-state index contributed by atoms with van der Waals surface area (Å²) in [5.74, 6) is -4.24. The topological polar surface area (TPSA) is 26.0 Å². The molecule has 1 atom stereocenters. The van der Waals surface area contributed by atoms with Crippen LogP contribution in [0.2, 0.25) is 0 Å². The highest BCUT2D eigenvalue weighted by atomic mass is 79.9. The normalized spacial score (nSPS) is 12.5. The Hall–Kier alpha value is -1.40. The second-order valence-corrected chi connectivity index (χ2v) is 4.76. The third-order valence-corrected chi connectivity index (χ3v) is 3.38. The number of nitrogens with two attached hydrogens (primary N) is 1. The Morgan fingerprint density at radius 1 is 0.895 bits per heavy atom. The third-order valence-electron chi connectivity index (χ3n) is 2.69. The first-order chi connectivity index (χ1) is 8.91. The standard InChI is InChI=1S/C13H8BrF4N/c14-7-2-1-3-8(15)12(7)13(19)6-4-10(17)11(18)5-9(6)16/h1-5,13H,19H2. The van der Waals surface area contributed by atoms with E-state index >= 15 is 0 Å². The van der Waals surface area contributed by atoms with Crippen LogP contribution in [0.4, 0.5) is 17.6 Å². The zero-order valence-electron chi connectivity index (χ0n) is 9.43. The van der Waals surface area contributed by atoms with E-state index in [-0.39, 0.29) is 11.1 Å². The van der Waals surface area contributed by atoms with E-state index in [2.05, 4.69) is 15.9 Å². The van der Waals surface area contributed by atoms with Crippen LogP contribution in [0.15, 0.2) is 34.8 Å². The summed E-state index contributed by atoms with van der Waals surface area (Å²) in [5.41, 5.74) is 5.40. The summed E-state index contributed by atoms with van der Waals surface area (Å²) >= 11 is 3.09. The lowest BCUT2D eigenvalue weighted by atomic mass is 9.98. The van der Waals surface area contributed by atoms with E-state index in [9.17, 15) is 17.6 Å². The Morgan fingerprint density at radius 2 is 1.53 bits per heavy atom. The minimum atomic E-state index is -1.32. The third kappa shape index (κ3) is 2.64. The van der Waals surface area contributed by atoms with Gasteiger partial charge < -0.3 is 5.73 Å². The molecule has 0 radical (unpaired) electrons. The van der Waals surface area contributed by atoms with Gasteiger partial charge in [-0.2, -0.15) is 0 Å². The van der Waals surface area contributed by atoms with Gasteiger partial charge in [0, 0.05) is 21.7 Å². The van der Waals surface area contributed by atoms with Crippen LogP contribution in [0.25, 0.3) is 0 Å². The first kappa shape index (κ1) is 14.0. The molecular weight excluding hydrogens is 326 g/mol. The molecule has 1 nitrogen and oxygen atoms in total. The number of rotatable bonds is 2. The van der Waals surface area contributed by atoms with Gasteiger partial charge in [0.15, 0.2) is 11.6 Å². The molecule has 2 aromatic carbocycles. The summed E-state index contributed by atoms with van der Waals surface area (Å²) in [6.45, 7) is 0. The summed E-state index contributed by atoms with van der Waals surface area (Å²) in [5, 5.41) is 0. The SMILES string of the molecule is NC(c1cc(F)c(F)cc1F)c1c(F)cccc1Br. The van der Waals surface area contributed by atoms with Crippen LogP contribution < -0.4 is 5.73 Å². The van der Waals surface area contributed by atoms with Gasteiger partial charge in [-0.25, -0.2) is 17.6 Å². The molecule has 0 aliphatic rings. The van der Waals surface area contributed by atoms with Gasteiger partial charge in [0.05, 0.1) is 6.04 Å². The fourth-order valence-electron chi connectivity index (χ4n) is 1.74. The Labute approximate surface area is 115 Å². The maximum Gasteiger partial charge on any atom is 0.161 e. The summed E-state index contributed by atoms with van der Waals surface area (Å²) < 4.78 is 53.6. The molecule has 0 spiro atoms. The minimum absolute atomic E-state index is 0.0209. The van der Waals surface area contributed by atoms with Gasteiger partial charge in [0.1, 0.15) is 11.6 Å². The molecule has 0 aliphatic carbocycles. The molecule has 1 unspecified atom stereocenters. The summed E-state index contributed by atoms with van der Waals surface area (Å²) in [6.07, 6.45) is 0. The van der Waals surface area contributed by atoms with E-state index in [1.165, 1.54) is 12.1 Å². The molecule has 0 bridgehead atoms. The summed E-state index contributed by atoms with van der Waals surface area (Å²) in [6, 6.07) is 3.89. The van der Waals surface area contributed by atoms with Crippen molar-refractivity contribution in [2.24, 2.45) is 5.73 Å². The Bertz CT molecular complexity index is 610. The van der Waals surface area contributed by atoms with Crippen molar-refractivity contribution in [1.29, 1.82) is 0 Å². The van der Waals surface area contributed by atoms with Crippen molar-refractivity contribution in [2.75, 3.05) is 0 Å². The number of hydrogen-bond acceptors (Lipinski definition) is 1. The fourth-order valence-corrected chi connectivity index (χ4v) is 2.33. The molecule has 0 amide bonds. The highest BCUT2D eigenvalue weighted by Crippen LogP contribution is 2.31. The van der Waals surface area contributed by atoms with E-state index in [0.29, 0.717) is 16.6 Å². The molecular formula is C13H8BrF4N. The van der Waals surface area contributed by atoms with Crippen molar-refractivity contribution in [3.63, 3.8) is 0 Å². The van der Waals surface area contributed by atoms with E-state index < -0.39 is 29.3 Å². The molecule has 6 heteroatoms. The zero-order valence-corrected chi connectivity index (χ0v) is 11.0.